The number of rotatable bonds is 5. The Kier molecular flexibility index (Phi) is 5.26. The van der Waals surface area contributed by atoms with E-state index in [0.717, 1.165) is 37.1 Å². The molecule has 0 aromatic heterocycles. The highest BCUT2D eigenvalue weighted by Gasteiger charge is 2.34. The zero-order chi connectivity index (χ0) is 14.8. The van der Waals surface area contributed by atoms with E-state index in [1.165, 1.54) is 12.1 Å². The molecule has 0 atom stereocenters. The maximum atomic E-state index is 13.8. The molecule has 112 valence electrons. The lowest BCUT2D eigenvalue weighted by Crippen LogP contribution is -2.37. The molecule has 1 aromatic rings. The number of sulfonamides is 1. The second kappa shape index (κ2) is 6.42. The molecule has 2 rings (SSSR count). The van der Waals surface area contributed by atoms with Gasteiger partial charge in [-0.25, -0.2) is 17.5 Å². The van der Waals surface area contributed by atoms with Crippen molar-refractivity contribution in [1.29, 1.82) is 0 Å². The molecule has 20 heavy (non-hydrogen) atoms. The van der Waals surface area contributed by atoms with Gasteiger partial charge >= 0.3 is 0 Å². The highest BCUT2D eigenvalue weighted by atomic mass is 79.9. The first kappa shape index (κ1) is 16.4. The lowest BCUT2D eigenvalue weighted by atomic mass is 9.89. The predicted octanol–water partition coefficient (Wildman–Crippen LogP) is 3.82. The van der Waals surface area contributed by atoms with E-state index < -0.39 is 15.8 Å². The second-order valence-corrected chi connectivity index (χ2v) is 8.45. The van der Waals surface area contributed by atoms with Crippen LogP contribution in [0.5, 0.6) is 0 Å². The van der Waals surface area contributed by atoms with Crippen LogP contribution < -0.4 is 4.72 Å². The van der Waals surface area contributed by atoms with Crippen LogP contribution in [0.15, 0.2) is 27.6 Å². The van der Waals surface area contributed by atoms with Gasteiger partial charge in [0.2, 0.25) is 10.0 Å². The Labute approximate surface area is 135 Å². The lowest BCUT2D eigenvalue weighted by Gasteiger charge is -2.26. The summed E-state index contributed by atoms with van der Waals surface area (Å²) in [6, 6.07) is 3.95. The average molecular weight is 429 g/mol. The zero-order valence-corrected chi connectivity index (χ0v) is 14.8. The fourth-order valence-electron chi connectivity index (χ4n) is 2.50. The summed E-state index contributed by atoms with van der Waals surface area (Å²) in [5.41, 5.74) is -0.0427. The standard InChI is InChI=1S/C13H16Br2FNO2S/c14-8-13(5-1-2-6-13)9-17-20(18,19)12-4-3-10(15)7-11(12)16/h3-4,7,17H,1-2,5-6,8-9H2. The van der Waals surface area contributed by atoms with E-state index in [1.54, 1.807) is 0 Å². The van der Waals surface area contributed by atoms with Crippen LogP contribution in [0.1, 0.15) is 25.7 Å². The van der Waals surface area contributed by atoms with Gasteiger partial charge in [0, 0.05) is 16.3 Å². The van der Waals surface area contributed by atoms with E-state index in [2.05, 4.69) is 36.6 Å². The van der Waals surface area contributed by atoms with Gasteiger partial charge in [-0.05, 0) is 36.5 Å². The van der Waals surface area contributed by atoms with Crippen LogP contribution >= 0.6 is 31.9 Å². The molecule has 0 aliphatic heterocycles. The molecule has 0 heterocycles. The number of hydrogen-bond acceptors (Lipinski definition) is 2. The quantitative estimate of drug-likeness (QED) is 0.724. The summed E-state index contributed by atoms with van der Waals surface area (Å²) in [5.74, 6) is -0.744. The van der Waals surface area contributed by atoms with Crippen molar-refractivity contribution in [2.45, 2.75) is 30.6 Å². The Morgan fingerprint density at radius 1 is 1.30 bits per heavy atom. The molecule has 0 amide bonds. The minimum atomic E-state index is -3.81. The van der Waals surface area contributed by atoms with Crippen LogP contribution in [0.2, 0.25) is 0 Å². The number of hydrogen-bond donors (Lipinski definition) is 1. The lowest BCUT2D eigenvalue weighted by molar-refractivity contribution is 0.347. The smallest absolute Gasteiger partial charge is 0.210 e. The summed E-state index contributed by atoms with van der Waals surface area (Å²) in [7, 11) is -3.81. The van der Waals surface area contributed by atoms with Crippen molar-refractivity contribution in [3.8, 4) is 0 Å². The Hall–Kier alpha value is 0.0200. The second-order valence-electron chi connectivity index (χ2n) is 5.24. The highest BCUT2D eigenvalue weighted by molar-refractivity contribution is 9.10. The van der Waals surface area contributed by atoms with Crippen molar-refractivity contribution >= 4 is 41.9 Å². The van der Waals surface area contributed by atoms with Crippen LogP contribution in [-0.4, -0.2) is 20.3 Å². The first-order chi connectivity index (χ1) is 9.38. The fourth-order valence-corrected chi connectivity index (χ4v) is 4.81. The van der Waals surface area contributed by atoms with Crippen molar-refractivity contribution in [2.75, 3.05) is 11.9 Å². The molecular weight excluding hydrogens is 413 g/mol. The van der Waals surface area contributed by atoms with Gasteiger partial charge in [0.1, 0.15) is 10.7 Å². The van der Waals surface area contributed by atoms with Crippen LogP contribution in [0.4, 0.5) is 4.39 Å². The Bertz CT molecular complexity index is 586. The Morgan fingerprint density at radius 3 is 2.50 bits per heavy atom. The first-order valence-electron chi connectivity index (χ1n) is 6.39. The number of benzene rings is 1. The summed E-state index contributed by atoms with van der Waals surface area (Å²) >= 11 is 6.58. The van der Waals surface area contributed by atoms with Crippen LogP contribution in [-0.2, 0) is 10.0 Å². The molecule has 0 saturated heterocycles. The minimum absolute atomic E-state index is 0.0427. The molecule has 7 heteroatoms. The zero-order valence-electron chi connectivity index (χ0n) is 10.8. The summed E-state index contributed by atoms with van der Waals surface area (Å²) in [6.45, 7) is 0.343. The SMILES string of the molecule is O=S(=O)(NCC1(CBr)CCCC1)c1ccc(Br)cc1F. The average Bonchev–Trinajstić information content (AvgIpc) is 2.85. The molecule has 0 radical (unpaired) electrons. The first-order valence-corrected chi connectivity index (χ1v) is 9.79. The van der Waals surface area contributed by atoms with E-state index in [0.29, 0.717) is 11.0 Å². The van der Waals surface area contributed by atoms with E-state index in [1.807, 2.05) is 0 Å². The summed E-state index contributed by atoms with van der Waals surface area (Å²) in [5, 5.41) is 0.755. The van der Waals surface area contributed by atoms with Gasteiger partial charge in [-0.3, -0.25) is 0 Å². The molecule has 1 aliphatic carbocycles. The third kappa shape index (κ3) is 3.61. The molecule has 0 spiro atoms. The molecule has 3 nitrogen and oxygen atoms in total. The number of halogens is 3. The molecular formula is C13H16Br2FNO2S. The third-order valence-corrected chi connectivity index (χ3v) is 6.89. The third-order valence-electron chi connectivity index (χ3n) is 3.77. The monoisotopic (exact) mass is 427 g/mol. The van der Waals surface area contributed by atoms with Crippen LogP contribution in [0.25, 0.3) is 0 Å². The maximum Gasteiger partial charge on any atom is 0.243 e. The molecule has 1 saturated carbocycles. The maximum absolute atomic E-state index is 13.8. The summed E-state index contributed by atoms with van der Waals surface area (Å²) in [6.07, 6.45) is 4.20. The molecule has 1 N–H and O–H groups in total. The minimum Gasteiger partial charge on any atom is -0.210 e. The largest absolute Gasteiger partial charge is 0.243 e. The van der Waals surface area contributed by atoms with E-state index >= 15 is 0 Å². The topological polar surface area (TPSA) is 46.2 Å². The number of nitrogens with one attached hydrogen (secondary N) is 1. The number of alkyl halides is 1. The summed E-state index contributed by atoms with van der Waals surface area (Å²) in [4.78, 5) is -0.302. The van der Waals surface area contributed by atoms with Crippen molar-refractivity contribution < 1.29 is 12.8 Å². The highest BCUT2D eigenvalue weighted by Crippen LogP contribution is 2.39. The molecule has 1 aliphatic rings. The van der Waals surface area contributed by atoms with Crippen molar-refractivity contribution in [2.24, 2.45) is 5.41 Å². The van der Waals surface area contributed by atoms with Gasteiger partial charge in [-0.15, -0.1) is 0 Å². The van der Waals surface area contributed by atoms with Crippen LogP contribution in [0.3, 0.4) is 0 Å². The van der Waals surface area contributed by atoms with Gasteiger partial charge in [0.05, 0.1) is 0 Å². The van der Waals surface area contributed by atoms with E-state index in [-0.39, 0.29) is 10.3 Å². The molecule has 0 bridgehead atoms. The molecule has 1 fully saturated rings. The molecule has 0 unspecified atom stereocenters. The Balaban J connectivity index is 2.15. The van der Waals surface area contributed by atoms with Crippen molar-refractivity contribution in [1.82, 2.24) is 4.72 Å². The normalized spacial score (nSPS) is 18.4. The van der Waals surface area contributed by atoms with Gasteiger partial charge in [-0.2, -0.15) is 0 Å². The predicted molar refractivity (Wildman–Crippen MR) is 84.0 cm³/mol. The van der Waals surface area contributed by atoms with E-state index in [9.17, 15) is 12.8 Å². The molecule has 1 aromatic carbocycles. The van der Waals surface area contributed by atoms with Gasteiger partial charge < -0.3 is 0 Å². The van der Waals surface area contributed by atoms with E-state index in [4.69, 9.17) is 0 Å². The van der Waals surface area contributed by atoms with Crippen molar-refractivity contribution in [3.63, 3.8) is 0 Å². The van der Waals surface area contributed by atoms with Gasteiger partial charge in [0.25, 0.3) is 0 Å². The van der Waals surface area contributed by atoms with Crippen molar-refractivity contribution in [3.05, 3.63) is 28.5 Å². The fraction of sp³-hybridized carbons (Fsp3) is 0.538. The van der Waals surface area contributed by atoms with Crippen LogP contribution in [0, 0.1) is 11.2 Å². The van der Waals surface area contributed by atoms with Gasteiger partial charge in [0.15, 0.2) is 0 Å². The van der Waals surface area contributed by atoms with Gasteiger partial charge in [-0.1, -0.05) is 44.7 Å². The Morgan fingerprint density at radius 2 is 1.95 bits per heavy atom. The summed E-state index contributed by atoms with van der Waals surface area (Å²) < 4.78 is 41.2.